The highest BCUT2D eigenvalue weighted by Crippen LogP contribution is 2.40. The lowest BCUT2D eigenvalue weighted by Crippen LogP contribution is -2.21. The maximum Gasteiger partial charge on any atom is 0.306 e. The van der Waals surface area contributed by atoms with Crippen LogP contribution in [0.4, 0.5) is 4.39 Å². The summed E-state index contributed by atoms with van der Waals surface area (Å²) in [6, 6.07) is 6.67. The Morgan fingerprint density at radius 3 is 2.67 bits per heavy atom. The molecular weight excluding hydrogens is 417 g/mol. The Kier molecular flexibility index (Phi) is 6.96. The lowest BCUT2D eigenvalue weighted by molar-refractivity contribution is -0.150. The summed E-state index contributed by atoms with van der Waals surface area (Å²) < 4.78 is 25.3. The molecule has 4 nitrogen and oxygen atoms in total. The second kappa shape index (κ2) is 9.90. The smallest absolute Gasteiger partial charge is 0.306 e. The molecule has 174 valence electrons. The molecule has 2 atom stereocenters. The van der Waals surface area contributed by atoms with Crippen LogP contribution in [0.2, 0.25) is 0 Å². The van der Waals surface area contributed by atoms with Gasteiger partial charge in [-0.2, -0.15) is 0 Å². The maximum atomic E-state index is 13.8. The highest BCUT2D eigenvalue weighted by atomic mass is 19.1. The van der Waals surface area contributed by atoms with Crippen LogP contribution in [0.1, 0.15) is 81.8 Å². The van der Waals surface area contributed by atoms with Gasteiger partial charge in [-0.05, 0) is 73.9 Å². The van der Waals surface area contributed by atoms with Gasteiger partial charge in [0.2, 0.25) is 0 Å². The number of rotatable bonds is 5. The van der Waals surface area contributed by atoms with Gasteiger partial charge in [-0.3, -0.25) is 9.78 Å². The molecule has 0 saturated carbocycles. The number of allylic oxidation sites excluding steroid dienone is 2. The molecule has 0 spiro atoms. The molecule has 2 aromatic rings. The van der Waals surface area contributed by atoms with E-state index >= 15 is 0 Å². The lowest BCUT2D eigenvalue weighted by Gasteiger charge is -2.23. The Morgan fingerprint density at radius 2 is 1.97 bits per heavy atom. The zero-order valence-corrected chi connectivity index (χ0v) is 19.9. The van der Waals surface area contributed by atoms with Crippen molar-refractivity contribution in [3.63, 3.8) is 0 Å². The predicted octanol–water partition coefficient (Wildman–Crippen LogP) is 6.83. The van der Waals surface area contributed by atoms with Gasteiger partial charge in [0.25, 0.3) is 0 Å². The quantitative estimate of drug-likeness (QED) is 0.469. The summed E-state index contributed by atoms with van der Waals surface area (Å²) in [7, 11) is 0. The molecule has 0 aliphatic carbocycles. The van der Waals surface area contributed by atoms with Crippen molar-refractivity contribution in [3.05, 3.63) is 64.4 Å². The molecular formula is C28H32FNO3. The average Bonchev–Trinajstić information content (AvgIpc) is 2.95. The highest BCUT2D eigenvalue weighted by Gasteiger charge is 2.26. The van der Waals surface area contributed by atoms with Crippen molar-refractivity contribution in [1.82, 2.24) is 4.98 Å². The van der Waals surface area contributed by atoms with Gasteiger partial charge in [0.05, 0.1) is 23.8 Å². The lowest BCUT2D eigenvalue weighted by atomic mass is 9.85. The highest BCUT2D eigenvalue weighted by molar-refractivity contribution is 5.84. The Balaban J connectivity index is 1.97. The van der Waals surface area contributed by atoms with E-state index in [2.05, 4.69) is 26.8 Å². The van der Waals surface area contributed by atoms with E-state index in [-0.39, 0.29) is 23.8 Å². The molecule has 4 rings (SSSR count). The first-order valence-electron chi connectivity index (χ1n) is 11.9. The van der Waals surface area contributed by atoms with Gasteiger partial charge >= 0.3 is 5.97 Å². The molecule has 0 N–H and O–H groups in total. The number of halogens is 1. The Bertz CT molecular complexity index is 1100. The van der Waals surface area contributed by atoms with E-state index in [1.54, 1.807) is 0 Å². The van der Waals surface area contributed by atoms with Gasteiger partial charge in [-0.15, -0.1) is 0 Å². The van der Waals surface area contributed by atoms with Gasteiger partial charge < -0.3 is 9.47 Å². The van der Waals surface area contributed by atoms with Crippen LogP contribution >= 0.6 is 0 Å². The number of carbonyl (C=O) groups excluding carboxylic acids is 1. The number of benzene rings is 1. The minimum Gasteiger partial charge on any atom is -0.498 e. The van der Waals surface area contributed by atoms with E-state index in [4.69, 9.17) is 14.5 Å². The van der Waals surface area contributed by atoms with Crippen molar-refractivity contribution in [3.8, 4) is 11.1 Å². The second-order valence-electron chi connectivity index (χ2n) is 8.99. The van der Waals surface area contributed by atoms with E-state index in [0.29, 0.717) is 19.4 Å². The van der Waals surface area contributed by atoms with Gasteiger partial charge in [-0.1, -0.05) is 32.1 Å². The van der Waals surface area contributed by atoms with Gasteiger partial charge in [0, 0.05) is 24.0 Å². The second-order valence-corrected chi connectivity index (χ2v) is 8.99. The number of ether oxygens (including phenoxy) is 2. The molecule has 1 aromatic carbocycles. The Labute approximate surface area is 195 Å². The third kappa shape index (κ3) is 4.87. The SMILES string of the molecule is CCC(C)c1nc2c(c(-c3ccc(F)cc3)c1/C=C/[C@@H]1CCCC(=O)O1)CCOC(C)=C2C. The maximum absolute atomic E-state index is 13.8. The number of nitrogens with zero attached hydrogens (tertiary/aromatic N) is 1. The number of cyclic esters (lactones) is 1. The zero-order chi connectivity index (χ0) is 23.5. The topological polar surface area (TPSA) is 48.4 Å². The van der Waals surface area contributed by atoms with Crippen molar-refractivity contribution >= 4 is 17.6 Å². The zero-order valence-electron chi connectivity index (χ0n) is 19.9. The number of aromatic nitrogens is 1. The normalized spacial score (nSPS) is 19.7. The number of carbonyl (C=O) groups is 1. The summed E-state index contributed by atoms with van der Waals surface area (Å²) in [5, 5.41) is 0. The number of hydrogen-bond donors (Lipinski definition) is 0. The number of esters is 1. The molecule has 1 unspecified atom stereocenters. The molecule has 33 heavy (non-hydrogen) atoms. The van der Waals surface area contributed by atoms with E-state index in [1.165, 1.54) is 12.1 Å². The van der Waals surface area contributed by atoms with Gasteiger partial charge in [-0.25, -0.2) is 4.39 Å². The van der Waals surface area contributed by atoms with Gasteiger partial charge in [0.15, 0.2) is 0 Å². The minimum atomic E-state index is -0.262. The van der Waals surface area contributed by atoms with Crippen LogP contribution in [0.5, 0.6) is 0 Å². The van der Waals surface area contributed by atoms with Crippen molar-refractivity contribution in [1.29, 1.82) is 0 Å². The average molecular weight is 450 g/mol. The molecule has 0 radical (unpaired) electrons. The minimum absolute atomic E-state index is 0.148. The van der Waals surface area contributed by atoms with Crippen LogP contribution in [0, 0.1) is 5.82 Å². The summed E-state index contributed by atoms with van der Waals surface area (Å²) in [5.41, 5.74) is 7.14. The largest absolute Gasteiger partial charge is 0.498 e. The van der Waals surface area contributed by atoms with E-state index < -0.39 is 0 Å². The standard InChI is InChI=1S/C28H32FNO3/c1-5-17(2)27-23(14-13-22-7-6-8-25(31)33-22)26(20-9-11-21(29)12-10-20)24-15-16-32-19(4)18(3)28(24)30-27/h9-14,17,22H,5-8,15-16H2,1-4H3/b14-13+/t17?,22-/m0/s1. The third-order valence-corrected chi connectivity index (χ3v) is 6.76. The van der Waals surface area contributed by atoms with Crippen LogP contribution in [0.15, 0.2) is 36.1 Å². The first kappa shape index (κ1) is 23.2. The molecule has 5 heteroatoms. The van der Waals surface area contributed by atoms with Crippen molar-refractivity contribution < 1.29 is 18.7 Å². The number of pyridine rings is 1. The molecule has 2 aliphatic rings. The first-order valence-corrected chi connectivity index (χ1v) is 11.9. The monoisotopic (exact) mass is 449 g/mol. The molecule has 1 fully saturated rings. The molecule has 3 heterocycles. The van der Waals surface area contributed by atoms with Crippen LogP contribution in [-0.4, -0.2) is 23.7 Å². The van der Waals surface area contributed by atoms with Crippen LogP contribution < -0.4 is 0 Å². The summed E-state index contributed by atoms with van der Waals surface area (Å²) in [6.45, 7) is 8.94. The third-order valence-electron chi connectivity index (χ3n) is 6.76. The van der Waals surface area contributed by atoms with E-state index in [9.17, 15) is 9.18 Å². The summed E-state index contributed by atoms with van der Waals surface area (Å²) >= 11 is 0. The van der Waals surface area contributed by atoms with Crippen LogP contribution in [0.25, 0.3) is 22.8 Å². The van der Waals surface area contributed by atoms with Crippen molar-refractivity contribution in [2.45, 2.75) is 71.8 Å². The fourth-order valence-corrected chi connectivity index (χ4v) is 4.55. The van der Waals surface area contributed by atoms with Gasteiger partial charge in [0.1, 0.15) is 11.9 Å². The molecule has 2 aliphatic heterocycles. The van der Waals surface area contributed by atoms with E-state index in [0.717, 1.165) is 64.2 Å². The Hall–Kier alpha value is -2.95. The summed E-state index contributed by atoms with van der Waals surface area (Å²) in [4.78, 5) is 17.0. The fourth-order valence-electron chi connectivity index (χ4n) is 4.55. The molecule has 1 saturated heterocycles. The van der Waals surface area contributed by atoms with Crippen LogP contribution in [0.3, 0.4) is 0 Å². The summed E-state index contributed by atoms with van der Waals surface area (Å²) in [5.74, 6) is 0.701. The predicted molar refractivity (Wildman–Crippen MR) is 129 cm³/mol. The first-order chi connectivity index (χ1) is 15.9. The summed E-state index contributed by atoms with van der Waals surface area (Å²) in [6.07, 6.45) is 7.60. The number of fused-ring (bicyclic) bond motifs is 1. The van der Waals surface area contributed by atoms with Crippen molar-refractivity contribution in [2.24, 2.45) is 0 Å². The van der Waals surface area contributed by atoms with E-state index in [1.807, 2.05) is 25.1 Å². The number of hydrogen-bond acceptors (Lipinski definition) is 4. The fraction of sp³-hybridized carbons (Fsp3) is 0.429. The molecule has 1 aromatic heterocycles. The van der Waals surface area contributed by atoms with Crippen LogP contribution in [-0.2, 0) is 20.7 Å². The molecule has 0 amide bonds. The Morgan fingerprint density at radius 1 is 1.21 bits per heavy atom. The van der Waals surface area contributed by atoms with Crippen molar-refractivity contribution in [2.75, 3.05) is 6.61 Å². The molecule has 0 bridgehead atoms.